The molecule has 4 heteroatoms. The van der Waals surface area contributed by atoms with Gasteiger partial charge in [0.1, 0.15) is 0 Å². The highest BCUT2D eigenvalue weighted by molar-refractivity contribution is 9.15. The fraction of sp³-hybridized carbons (Fsp3) is 0. The molecule has 0 aliphatic carbocycles. The number of hydrogen-bond donors (Lipinski definition) is 0. The van der Waals surface area contributed by atoms with Crippen molar-refractivity contribution in [3.63, 3.8) is 0 Å². The molecule has 0 saturated carbocycles. The van der Waals surface area contributed by atoms with Crippen LogP contribution in [0.5, 0.6) is 0 Å². The lowest BCUT2D eigenvalue weighted by atomic mass is 30.4. The van der Waals surface area contributed by atoms with Gasteiger partial charge < -0.3 is 23.3 Å². The van der Waals surface area contributed by atoms with E-state index >= 15 is 0 Å². The van der Waals surface area contributed by atoms with Crippen LogP contribution in [0.15, 0.2) is 0 Å². The average Bonchev–Trinajstić information content (AvgIpc) is 1.37. The average molecular weight is 128 g/mol. The third-order valence-electron chi connectivity index (χ3n) is 0.0278. The van der Waals surface area contributed by atoms with Gasteiger partial charge in [0.15, 0.2) is 0 Å². The van der Waals surface area contributed by atoms with E-state index in [-0.39, 0.29) is 0 Å². The van der Waals surface area contributed by atoms with Crippen molar-refractivity contribution in [2.75, 3.05) is 0 Å². The first-order chi connectivity index (χ1) is 1.91. The lowest BCUT2D eigenvalue weighted by Crippen LogP contribution is -1.19. The summed E-state index contributed by atoms with van der Waals surface area (Å²) in [5.74, 6) is 0. The first kappa shape index (κ1) is 5.40. The molecule has 0 aromatic carbocycles. The van der Waals surface area contributed by atoms with E-state index in [1.165, 1.54) is 19.7 Å². The molecule has 0 amide bonds. The van der Waals surface area contributed by atoms with E-state index in [2.05, 4.69) is 23.3 Å². The Hall–Kier alpha value is 1.40. The molecule has 0 saturated heterocycles. The highest BCUT2D eigenvalue weighted by atomic mass is 33.7. The lowest BCUT2D eigenvalue weighted by molar-refractivity contribution is 5.91. The summed E-state index contributed by atoms with van der Waals surface area (Å²) in [5.41, 5.74) is 0. The van der Waals surface area contributed by atoms with Crippen LogP contribution < -0.4 is 0 Å². The zero-order chi connectivity index (χ0) is 3.41. The van der Waals surface area contributed by atoms with E-state index in [1.807, 2.05) is 0 Å². The lowest BCUT2D eigenvalue weighted by Gasteiger charge is -2.04. The SMILES string of the molecule is [S-]SS[S-]. The molecule has 0 heterocycles. The van der Waals surface area contributed by atoms with Gasteiger partial charge in [-0.1, -0.05) is 0 Å². The first-order valence-corrected chi connectivity index (χ1v) is 4.50. The molecule has 0 nitrogen and oxygen atoms in total. The summed E-state index contributed by atoms with van der Waals surface area (Å²) in [6.07, 6.45) is 0. The third kappa shape index (κ3) is 3.40. The Balaban J connectivity index is 1.97. The van der Waals surface area contributed by atoms with E-state index in [0.717, 1.165) is 0 Å². The third-order valence-corrected chi connectivity index (χ3v) is 2.25. The Labute approximate surface area is 43.1 Å². The van der Waals surface area contributed by atoms with Crippen molar-refractivity contribution in [3.05, 3.63) is 0 Å². The molecule has 4 heavy (non-hydrogen) atoms. The molecule has 0 bridgehead atoms. The molecule has 0 rings (SSSR count). The highest BCUT2D eigenvalue weighted by Gasteiger charge is 1.23. The molecule has 0 radical (unpaired) electrons. The van der Waals surface area contributed by atoms with Gasteiger partial charge in [-0.2, -0.15) is 0 Å². The molecule has 26 valence electrons. The predicted octanol–water partition coefficient (Wildman–Crippen LogP) is 1.29. The molecule has 0 N–H and O–H groups in total. The maximum atomic E-state index is 4.33. The van der Waals surface area contributed by atoms with Crippen molar-refractivity contribution in [2.45, 2.75) is 0 Å². The topological polar surface area (TPSA) is 0 Å². The second kappa shape index (κ2) is 4.40. The largest absolute Gasteiger partial charge is 0.709 e. The quantitative estimate of drug-likeness (QED) is 0.385. The second-order valence-corrected chi connectivity index (χ2v) is 3.67. The van der Waals surface area contributed by atoms with Gasteiger partial charge >= 0.3 is 0 Å². The molecular weight excluding hydrogens is 128 g/mol. The molecule has 0 aliphatic rings. The van der Waals surface area contributed by atoms with Gasteiger partial charge in [0.25, 0.3) is 0 Å². The van der Waals surface area contributed by atoms with Gasteiger partial charge in [-0.3, -0.25) is 19.7 Å². The van der Waals surface area contributed by atoms with Crippen LogP contribution in [0.2, 0.25) is 0 Å². The van der Waals surface area contributed by atoms with Crippen LogP contribution in [0.1, 0.15) is 0 Å². The zero-order valence-corrected chi connectivity index (χ0v) is 4.90. The molecule has 0 unspecified atom stereocenters. The minimum atomic E-state index is 1.17. The van der Waals surface area contributed by atoms with Crippen molar-refractivity contribution in [1.82, 2.24) is 0 Å². The van der Waals surface area contributed by atoms with Crippen LogP contribution in [-0.4, -0.2) is 0 Å². The van der Waals surface area contributed by atoms with Crippen LogP contribution in [0.25, 0.3) is 0 Å². The minimum absolute atomic E-state index is 1.17. The smallest absolute Gasteiger partial charge is 0.291 e. The van der Waals surface area contributed by atoms with Crippen molar-refractivity contribution >= 4 is 43.0 Å². The van der Waals surface area contributed by atoms with Gasteiger partial charge in [-0.05, 0) is 0 Å². The van der Waals surface area contributed by atoms with E-state index in [0.29, 0.717) is 0 Å². The van der Waals surface area contributed by atoms with Crippen molar-refractivity contribution in [1.29, 1.82) is 0 Å². The molecular formula is S4-2. The summed E-state index contributed by atoms with van der Waals surface area (Å²) in [6.45, 7) is 0. The standard InChI is InChI=1S/H2S4/c1-3-4-2/h1-2H/p-2. The second-order valence-electron chi connectivity index (χ2n) is 0.136. The summed E-state index contributed by atoms with van der Waals surface area (Å²) in [6, 6.07) is 0. The summed E-state index contributed by atoms with van der Waals surface area (Å²) < 4.78 is 0. The van der Waals surface area contributed by atoms with Crippen LogP contribution in [-0.2, 0) is 23.3 Å². The molecule has 0 fully saturated rings. The first-order valence-electron chi connectivity index (χ1n) is 0.500. The predicted molar refractivity (Wildman–Crippen MR) is 29.9 cm³/mol. The molecule has 0 aromatic rings. The fourth-order valence-corrected chi connectivity index (χ4v) is 0. The van der Waals surface area contributed by atoms with Crippen molar-refractivity contribution < 1.29 is 0 Å². The Morgan fingerprint density at radius 2 is 1.25 bits per heavy atom. The summed E-state index contributed by atoms with van der Waals surface area (Å²) >= 11 is 8.66. The van der Waals surface area contributed by atoms with E-state index in [1.54, 1.807) is 0 Å². The van der Waals surface area contributed by atoms with E-state index < -0.39 is 0 Å². The molecule has 0 aliphatic heterocycles. The van der Waals surface area contributed by atoms with Gasteiger partial charge in [0, 0.05) is 0 Å². The van der Waals surface area contributed by atoms with Crippen LogP contribution >= 0.6 is 19.7 Å². The molecule has 0 atom stereocenters. The highest BCUT2D eigenvalue weighted by Crippen LogP contribution is 2.12. The van der Waals surface area contributed by atoms with Crippen LogP contribution in [0.4, 0.5) is 0 Å². The monoisotopic (exact) mass is 128 g/mol. The van der Waals surface area contributed by atoms with Gasteiger partial charge in [-0.25, -0.2) is 0 Å². The normalized spacial score (nSPS) is 7.50. The Morgan fingerprint density at radius 3 is 1.25 bits per heavy atom. The van der Waals surface area contributed by atoms with E-state index in [4.69, 9.17) is 0 Å². The maximum absolute atomic E-state index is 4.33. The summed E-state index contributed by atoms with van der Waals surface area (Å²) in [7, 11) is 2.34. The Morgan fingerprint density at radius 1 is 1.00 bits per heavy atom. The summed E-state index contributed by atoms with van der Waals surface area (Å²) in [4.78, 5) is 0. The summed E-state index contributed by atoms with van der Waals surface area (Å²) in [5, 5.41) is 0. The zero-order valence-electron chi connectivity index (χ0n) is 1.63. The van der Waals surface area contributed by atoms with Gasteiger partial charge in [0.05, 0.1) is 0 Å². The number of rotatable bonds is 1. The minimum Gasteiger partial charge on any atom is -0.709 e. The van der Waals surface area contributed by atoms with Crippen molar-refractivity contribution in [3.8, 4) is 0 Å². The Bertz CT molecular complexity index is 2.00. The van der Waals surface area contributed by atoms with Crippen LogP contribution in [0, 0.1) is 0 Å². The van der Waals surface area contributed by atoms with E-state index in [9.17, 15) is 0 Å². The Kier molecular flexibility index (Phi) is 5.94. The number of hydrogen-bond acceptors (Lipinski definition) is 4. The van der Waals surface area contributed by atoms with Crippen LogP contribution in [0.3, 0.4) is 0 Å². The molecule has 0 aromatic heterocycles. The fourth-order valence-electron chi connectivity index (χ4n) is 0. The van der Waals surface area contributed by atoms with Gasteiger partial charge in [0.2, 0.25) is 0 Å². The van der Waals surface area contributed by atoms with Crippen molar-refractivity contribution in [2.24, 2.45) is 0 Å². The molecule has 0 spiro atoms. The van der Waals surface area contributed by atoms with Gasteiger partial charge in [-0.15, -0.1) is 0 Å². The maximum Gasteiger partial charge on any atom is -0.291 e.